The standard InChI is InChI=1S/C23H23F2N5O2/c1-15-13-21(27-17-4-6-18(32-2)7-5-17)28-23(26-15)30-11-9-29(10-12-30)22(31)16-3-8-19(24)20(25)14-16/h3-8,13-14H,9-12H2,1-2H3,(H,26,27,28). The smallest absolute Gasteiger partial charge is 0.254 e. The predicted molar refractivity (Wildman–Crippen MR) is 118 cm³/mol. The number of halogens is 2. The fourth-order valence-corrected chi connectivity index (χ4v) is 3.50. The van der Waals surface area contributed by atoms with Crippen molar-refractivity contribution in [1.29, 1.82) is 0 Å². The van der Waals surface area contributed by atoms with E-state index in [-0.39, 0.29) is 11.5 Å². The Morgan fingerprint density at radius 3 is 2.34 bits per heavy atom. The number of piperazine rings is 1. The third-order valence-electron chi connectivity index (χ3n) is 5.22. The Hall–Kier alpha value is -3.75. The Bertz CT molecular complexity index is 1120. The molecule has 1 saturated heterocycles. The molecule has 2 heterocycles. The van der Waals surface area contributed by atoms with Crippen LogP contribution in [0.25, 0.3) is 0 Å². The average molecular weight is 439 g/mol. The summed E-state index contributed by atoms with van der Waals surface area (Å²) in [5.74, 6) is -0.318. The number of methoxy groups -OCH3 is 1. The third-order valence-corrected chi connectivity index (χ3v) is 5.22. The van der Waals surface area contributed by atoms with Crippen LogP contribution in [-0.4, -0.2) is 54.1 Å². The van der Waals surface area contributed by atoms with Gasteiger partial charge in [-0.2, -0.15) is 4.98 Å². The Labute approximate surface area is 184 Å². The number of hydrogen-bond donors (Lipinski definition) is 1. The lowest BCUT2D eigenvalue weighted by Gasteiger charge is -2.35. The molecule has 32 heavy (non-hydrogen) atoms. The van der Waals surface area contributed by atoms with Gasteiger partial charge in [0.1, 0.15) is 11.6 Å². The van der Waals surface area contributed by atoms with E-state index in [2.05, 4.69) is 15.3 Å². The Kier molecular flexibility index (Phi) is 6.16. The number of benzene rings is 2. The predicted octanol–water partition coefficient (Wildman–Crippen LogP) is 3.78. The van der Waals surface area contributed by atoms with Gasteiger partial charge in [0.15, 0.2) is 11.6 Å². The summed E-state index contributed by atoms with van der Waals surface area (Å²) in [7, 11) is 1.62. The van der Waals surface area contributed by atoms with E-state index in [9.17, 15) is 13.6 Å². The monoisotopic (exact) mass is 439 g/mol. The molecule has 1 fully saturated rings. The van der Waals surface area contributed by atoms with E-state index in [1.165, 1.54) is 6.07 Å². The van der Waals surface area contributed by atoms with E-state index in [0.717, 1.165) is 29.3 Å². The molecule has 0 atom stereocenters. The van der Waals surface area contributed by atoms with E-state index in [4.69, 9.17) is 4.74 Å². The van der Waals surface area contributed by atoms with Crippen LogP contribution in [-0.2, 0) is 0 Å². The van der Waals surface area contributed by atoms with E-state index in [1.807, 2.05) is 42.2 Å². The molecule has 3 aromatic rings. The number of aromatic nitrogens is 2. The van der Waals surface area contributed by atoms with Gasteiger partial charge in [-0.3, -0.25) is 4.79 Å². The van der Waals surface area contributed by atoms with Crippen LogP contribution in [0.1, 0.15) is 16.1 Å². The molecule has 0 spiro atoms. The second kappa shape index (κ2) is 9.17. The van der Waals surface area contributed by atoms with Crippen molar-refractivity contribution >= 4 is 23.4 Å². The number of hydrogen-bond acceptors (Lipinski definition) is 6. The molecule has 0 unspecified atom stereocenters. The number of amides is 1. The number of ether oxygens (including phenoxy) is 1. The lowest BCUT2D eigenvalue weighted by Crippen LogP contribution is -2.49. The number of carbonyl (C=O) groups is 1. The molecule has 7 nitrogen and oxygen atoms in total. The van der Waals surface area contributed by atoms with Crippen molar-refractivity contribution in [3.05, 3.63) is 71.4 Å². The summed E-state index contributed by atoms with van der Waals surface area (Å²) in [4.78, 5) is 25.4. The molecule has 2 aromatic carbocycles. The number of carbonyl (C=O) groups excluding carboxylic acids is 1. The lowest BCUT2D eigenvalue weighted by atomic mass is 10.1. The topological polar surface area (TPSA) is 70.6 Å². The zero-order chi connectivity index (χ0) is 22.7. The Balaban J connectivity index is 1.42. The first-order valence-electron chi connectivity index (χ1n) is 10.2. The summed E-state index contributed by atoms with van der Waals surface area (Å²) in [5.41, 5.74) is 1.82. The molecular weight excluding hydrogens is 416 g/mol. The van der Waals surface area contributed by atoms with Gasteiger partial charge in [0.05, 0.1) is 7.11 Å². The lowest BCUT2D eigenvalue weighted by molar-refractivity contribution is 0.0745. The van der Waals surface area contributed by atoms with Crippen molar-refractivity contribution in [2.24, 2.45) is 0 Å². The Morgan fingerprint density at radius 2 is 1.69 bits per heavy atom. The first-order chi connectivity index (χ1) is 15.4. The van der Waals surface area contributed by atoms with Crippen LogP contribution in [0.4, 0.5) is 26.2 Å². The van der Waals surface area contributed by atoms with Crippen molar-refractivity contribution < 1.29 is 18.3 Å². The molecule has 1 aromatic heterocycles. The highest BCUT2D eigenvalue weighted by Gasteiger charge is 2.24. The molecule has 166 valence electrons. The first kappa shape index (κ1) is 21.5. The quantitative estimate of drug-likeness (QED) is 0.653. The van der Waals surface area contributed by atoms with Crippen LogP contribution in [0.15, 0.2) is 48.5 Å². The SMILES string of the molecule is COc1ccc(Nc2cc(C)nc(N3CCN(C(=O)c4ccc(F)c(F)c4)CC3)n2)cc1. The highest BCUT2D eigenvalue weighted by molar-refractivity contribution is 5.94. The van der Waals surface area contributed by atoms with E-state index in [0.29, 0.717) is 37.9 Å². The summed E-state index contributed by atoms with van der Waals surface area (Å²) >= 11 is 0. The second-order valence-corrected chi connectivity index (χ2v) is 7.46. The largest absolute Gasteiger partial charge is 0.497 e. The molecular formula is C23H23F2N5O2. The molecule has 0 bridgehead atoms. The number of anilines is 3. The third kappa shape index (κ3) is 4.77. The molecule has 0 radical (unpaired) electrons. The second-order valence-electron chi connectivity index (χ2n) is 7.46. The van der Waals surface area contributed by atoms with Gasteiger partial charge in [0.25, 0.3) is 5.91 Å². The summed E-state index contributed by atoms with van der Waals surface area (Å²) in [5, 5.41) is 3.27. The molecule has 1 aliphatic rings. The minimum atomic E-state index is -1.03. The fourth-order valence-electron chi connectivity index (χ4n) is 3.50. The number of nitrogens with one attached hydrogen (secondary N) is 1. The molecule has 0 saturated carbocycles. The molecule has 1 aliphatic heterocycles. The molecule has 1 amide bonds. The van der Waals surface area contributed by atoms with Gasteiger partial charge in [0, 0.05) is 49.2 Å². The van der Waals surface area contributed by atoms with Crippen molar-refractivity contribution in [2.75, 3.05) is 43.5 Å². The van der Waals surface area contributed by atoms with Crippen molar-refractivity contribution in [2.45, 2.75) is 6.92 Å². The van der Waals surface area contributed by atoms with Gasteiger partial charge in [0.2, 0.25) is 5.95 Å². The summed E-state index contributed by atoms with van der Waals surface area (Å²) in [6, 6.07) is 12.6. The summed E-state index contributed by atoms with van der Waals surface area (Å²) in [6.07, 6.45) is 0. The highest BCUT2D eigenvalue weighted by atomic mass is 19.2. The maximum atomic E-state index is 13.5. The average Bonchev–Trinajstić information content (AvgIpc) is 2.80. The van der Waals surface area contributed by atoms with Gasteiger partial charge in [-0.25, -0.2) is 13.8 Å². The van der Waals surface area contributed by atoms with Gasteiger partial charge in [-0.05, 0) is 49.4 Å². The van der Waals surface area contributed by atoms with Crippen LogP contribution in [0.5, 0.6) is 5.75 Å². The molecule has 9 heteroatoms. The summed E-state index contributed by atoms with van der Waals surface area (Å²) < 4.78 is 31.8. The number of nitrogens with zero attached hydrogens (tertiary/aromatic N) is 4. The zero-order valence-corrected chi connectivity index (χ0v) is 17.8. The van der Waals surface area contributed by atoms with Gasteiger partial charge in [-0.15, -0.1) is 0 Å². The van der Waals surface area contributed by atoms with E-state index in [1.54, 1.807) is 12.0 Å². The van der Waals surface area contributed by atoms with Gasteiger partial charge < -0.3 is 19.9 Å². The minimum absolute atomic E-state index is 0.134. The minimum Gasteiger partial charge on any atom is -0.497 e. The van der Waals surface area contributed by atoms with Crippen molar-refractivity contribution in [1.82, 2.24) is 14.9 Å². The zero-order valence-electron chi connectivity index (χ0n) is 17.8. The van der Waals surface area contributed by atoms with Crippen molar-refractivity contribution in [3.8, 4) is 5.75 Å². The van der Waals surface area contributed by atoms with E-state index >= 15 is 0 Å². The van der Waals surface area contributed by atoms with Crippen LogP contribution in [0.3, 0.4) is 0 Å². The molecule has 0 aliphatic carbocycles. The molecule has 1 N–H and O–H groups in total. The Morgan fingerprint density at radius 1 is 0.969 bits per heavy atom. The number of aryl methyl sites for hydroxylation is 1. The normalized spacial score (nSPS) is 13.8. The number of rotatable bonds is 5. The summed E-state index contributed by atoms with van der Waals surface area (Å²) in [6.45, 7) is 3.81. The fraction of sp³-hybridized carbons (Fsp3) is 0.261. The van der Waals surface area contributed by atoms with Crippen LogP contribution >= 0.6 is 0 Å². The first-order valence-corrected chi connectivity index (χ1v) is 10.2. The highest BCUT2D eigenvalue weighted by Crippen LogP contribution is 2.22. The van der Waals surface area contributed by atoms with Crippen LogP contribution in [0.2, 0.25) is 0 Å². The maximum absolute atomic E-state index is 13.5. The van der Waals surface area contributed by atoms with Crippen molar-refractivity contribution in [3.63, 3.8) is 0 Å². The molecule has 4 rings (SSSR count). The van der Waals surface area contributed by atoms with Gasteiger partial charge in [-0.1, -0.05) is 0 Å². The van der Waals surface area contributed by atoms with Crippen LogP contribution < -0.4 is 15.0 Å². The van der Waals surface area contributed by atoms with Crippen LogP contribution in [0, 0.1) is 18.6 Å². The maximum Gasteiger partial charge on any atom is 0.254 e. The van der Waals surface area contributed by atoms with E-state index < -0.39 is 11.6 Å². The van der Waals surface area contributed by atoms with Gasteiger partial charge >= 0.3 is 0 Å².